The molecule has 96 valence electrons. The minimum atomic E-state index is -0.790. The van der Waals surface area contributed by atoms with E-state index in [1.54, 1.807) is 13.2 Å². The molecular weight excluding hydrogens is 228 g/mol. The molecule has 2 unspecified atom stereocenters. The van der Waals surface area contributed by atoms with Gasteiger partial charge >= 0.3 is 0 Å². The van der Waals surface area contributed by atoms with Gasteiger partial charge in [-0.25, -0.2) is 0 Å². The first-order valence-corrected chi connectivity index (χ1v) is 6.07. The van der Waals surface area contributed by atoms with Crippen LogP contribution < -0.4 is 0 Å². The summed E-state index contributed by atoms with van der Waals surface area (Å²) in [6.45, 7) is 3.74. The highest BCUT2D eigenvalue weighted by Crippen LogP contribution is 2.32. The van der Waals surface area contributed by atoms with Gasteiger partial charge in [0, 0.05) is 18.1 Å². The Kier molecular flexibility index (Phi) is 3.84. The van der Waals surface area contributed by atoms with Crippen molar-refractivity contribution < 1.29 is 14.6 Å². The number of aliphatic hydroxyl groups is 2. The van der Waals surface area contributed by atoms with Crippen LogP contribution in [0.25, 0.3) is 11.1 Å². The smallest absolute Gasteiger partial charge is 0.140 e. The van der Waals surface area contributed by atoms with Gasteiger partial charge in [0.15, 0.2) is 0 Å². The molecule has 0 fully saturated rings. The van der Waals surface area contributed by atoms with Crippen molar-refractivity contribution in [1.29, 1.82) is 0 Å². The Morgan fingerprint density at radius 2 is 1.83 bits per heavy atom. The quantitative estimate of drug-likeness (QED) is 0.872. The second-order valence-electron chi connectivity index (χ2n) is 4.67. The van der Waals surface area contributed by atoms with E-state index in [0.29, 0.717) is 5.76 Å². The maximum Gasteiger partial charge on any atom is 0.140 e. The number of furan rings is 1. The number of aliphatic hydroxyl groups excluding tert-OH is 2. The van der Waals surface area contributed by atoms with Crippen LogP contribution in [0.4, 0.5) is 0 Å². The summed E-state index contributed by atoms with van der Waals surface area (Å²) in [6, 6.07) is 9.88. The zero-order chi connectivity index (χ0) is 13.1. The third-order valence-electron chi connectivity index (χ3n) is 3.15. The lowest BCUT2D eigenvalue weighted by Gasteiger charge is -2.15. The second-order valence-corrected chi connectivity index (χ2v) is 4.67. The van der Waals surface area contributed by atoms with Gasteiger partial charge in [-0.05, 0) is 18.6 Å². The fraction of sp³-hybridized carbons (Fsp3) is 0.333. The zero-order valence-electron chi connectivity index (χ0n) is 10.6. The lowest BCUT2D eigenvalue weighted by molar-refractivity contribution is 0.0605. The van der Waals surface area contributed by atoms with E-state index >= 15 is 0 Å². The van der Waals surface area contributed by atoms with Crippen LogP contribution in [-0.4, -0.2) is 16.8 Å². The van der Waals surface area contributed by atoms with E-state index in [9.17, 15) is 5.11 Å². The van der Waals surface area contributed by atoms with Crippen LogP contribution in [0.15, 0.2) is 41.0 Å². The fourth-order valence-corrected chi connectivity index (χ4v) is 1.88. The van der Waals surface area contributed by atoms with E-state index in [1.807, 2.05) is 37.3 Å². The lowest BCUT2D eigenvalue weighted by Crippen LogP contribution is -2.12. The SMILES string of the molecule is Cc1ccc(-c2ccoc2C(O)C(C)CO)cc1. The molecular formula is C15H18O3. The summed E-state index contributed by atoms with van der Waals surface area (Å²) >= 11 is 0. The number of hydrogen-bond acceptors (Lipinski definition) is 3. The summed E-state index contributed by atoms with van der Waals surface area (Å²) in [5, 5.41) is 19.2. The molecule has 2 atom stereocenters. The van der Waals surface area contributed by atoms with Gasteiger partial charge in [0.2, 0.25) is 0 Å². The minimum absolute atomic E-state index is 0.0742. The highest BCUT2D eigenvalue weighted by Gasteiger charge is 2.22. The van der Waals surface area contributed by atoms with Gasteiger partial charge < -0.3 is 14.6 Å². The summed E-state index contributed by atoms with van der Waals surface area (Å²) in [5.41, 5.74) is 3.07. The molecule has 0 aliphatic rings. The van der Waals surface area contributed by atoms with Gasteiger partial charge in [-0.3, -0.25) is 0 Å². The first-order chi connectivity index (χ1) is 8.63. The van der Waals surface area contributed by atoms with Gasteiger partial charge in [-0.1, -0.05) is 36.8 Å². The van der Waals surface area contributed by atoms with E-state index in [1.165, 1.54) is 5.56 Å². The molecule has 0 spiro atoms. The van der Waals surface area contributed by atoms with Gasteiger partial charge in [-0.15, -0.1) is 0 Å². The van der Waals surface area contributed by atoms with E-state index in [0.717, 1.165) is 11.1 Å². The van der Waals surface area contributed by atoms with Crippen LogP contribution in [-0.2, 0) is 0 Å². The third kappa shape index (κ3) is 2.47. The summed E-state index contributed by atoms with van der Waals surface area (Å²) in [4.78, 5) is 0. The van der Waals surface area contributed by atoms with Crippen molar-refractivity contribution in [3.63, 3.8) is 0 Å². The molecule has 0 saturated carbocycles. The number of benzene rings is 1. The summed E-state index contributed by atoms with van der Waals surface area (Å²) < 4.78 is 5.37. The summed E-state index contributed by atoms with van der Waals surface area (Å²) in [6.07, 6.45) is 0.777. The molecule has 1 aromatic carbocycles. The van der Waals surface area contributed by atoms with E-state index < -0.39 is 6.10 Å². The van der Waals surface area contributed by atoms with Gasteiger partial charge in [0.25, 0.3) is 0 Å². The van der Waals surface area contributed by atoms with Crippen LogP contribution in [0.1, 0.15) is 24.4 Å². The Balaban J connectivity index is 2.35. The molecule has 0 amide bonds. The molecule has 0 aliphatic carbocycles. The molecule has 1 aromatic heterocycles. The van der Waals surface area contributed by atoms with Crippen molar-refractivity contribution in [1.82, 2.24) is 0 Å². The molecule has 2 N–H and O–H groups in total. The Morgan fingerprint density at radius 3 is 2.44 bits per heavy atom. The van der Waals surface area contributed by atoms with Crippen molar-refractivity contribution in [2.24, 2.45) is 5.92 Å². The fourth-order valence-electron chi connectivity index (χ4n) is 1.88. The Bertz CT molecular complexity index is 499. The monoisotopic (exact) mass is 246 g/mol. The molecule has 0 saturated heterocycles. The molecule has 3 nitrogen and oxygen atoms in total. The highest BCUT2D eigenvalue weighted by molar-refractivity contribution is 5.66. The zero-order valence-corrected chi connectivity index (χ0v) is 10.6. The standard InChI is InChI=1S/C15H18O3/c1-10-3-5-12(6-4-10)13-7-8-18-15(13)14(17)11(2)9-16/h3-8,11,14,16-17H,9H2,1-2H3. The van der Waals surface area contributed by atoms with Crippen molar-refractivity contribution in [2.75, 3.05) is 6.61 Å². The van der Waals surface area contributed by atoms with Gasteiger partial charge in [0.05, 0.1) is 6.26 Å². The predicted octanol–water partition coefficient (Wildman–Crippen LogP) is 2.92. The Hall–Kier alpha value is -1.58. The molecule has 2 rings (SSSR count). The Morgan fingerprint density at radius 1 is 1.17 bits per heavy atom. The Labute approximate surface area is 107 Å². The largest absolute Gasteiger partial charge is 0.466 e. The topological polar surface area (TPSA) is 53.6 Å². The third-order valence-corrected chi connectivity index (χ3v) is 3.15. The van der Waals surface area contributed by atoms with Crippen LogP contribution >= 0.6 is 0 Å². The maximum absolute atomic E-state index is 10.1. The average molecular weight is 246 g/mol. The predicted molar refractivity (Wildman–Crippen MR) is 70.1 cm³/mol. The number of rotatable bonds is 4. The molecule has 0 aliphatic heterocycles. The van der Waals surface area contributed by atoms with E-state index in [4.69, 9.17) is 9.52 Å². The van der Waals surface area contributed by atoms with Crippen molar-refractivity contribution in [3.05, 3.63) is 47.9 Å². The van der Waals surface area contributed by atoms with E-state index in [-0.39, 0.29) is 12.5 Å². The summed E-state index contributed by atoms with van der Waals surface area (Å²) in [5.74, 6) is 0.265. The average Bonchev–Trinajstić information content (AvgIpc) is 2.87. The molecule has 18 heavy (non-hydrogen) atoms. The lowest BCUT2D eigenvalue weighted by atomic mass is 9.97. The second kappa shape index (κ2) is 5.38. The van der Waals surface area contributed by atoms with Crippen LogP contribution in [0.3, 0.4) is 0 Å². The van der Waals surface area contributed by atoms with Crippen LogP contribution in [0.5, 0.6) is 0 Å². The van der Waals surface area contributed by atoms with Crippen LogP contribution in [0, 0.1) is 12.8 Å². The van der Waals surface area contributed by atoms with Gasteiger partial charge in [-0.2, -0.15) is 0 Å². The number of hydrogen-bond donors (Lipinski definition) is 2. The normalized spacial score (nSPS) is 14.4. The summed E-state index contributed by atoms with van der Waals surface area (Å²) in [7, 11) is 0. The molecule has 2 aromatic rings. The molecule has 0 bridgehead atoms. The highest BCUT2D eigenvalue weighted by atomic mass is 16.4. The van der Waals surface area contributed by atoms with Crippen molar-refractivity contribution in [2.45, 2.75) is 20.0 Å². The van der Waals surface area contributed by atoms with E-state index in [2.05, 4.69) is 0 Å². The maximum atomic E-state index is 10.1. The van der Waals surface area contributed by atoms with Gasteiger partial charge in [0.1, 0.15) is 11.9 Å². The molecule has 0 radical (unpaired) electrons. The van der Waals surface area contributed by atoms with Crippen LogP contribution in [0.2, 0.25) is 0 Å². The first kappa shape index (κ1) is 12.9. The van der Waals surface area contributed by atoms with Crippen molar-refractivity contribution >= 4 is 0 Å². The molecule has 3 heteroatoms. The number of aryl methyl sites for hydroxylation is 1. The first-order valence-electron chi connectivity index (χ1n) is 6.07. The minimum Gasteiger partial charge on any atom is -0.466 e. The van der Waals surface area contributed by atoms with Crippen molar-refractivity contribution in [3.8, 4) is 11.1 Å². The molecule has 1 heterocycles.